The van der Waals surface area contributed by atoms with Crippen LogP contribution in [0.4, 0.5) is 0 Å². The van der Waals surface area contributed by atoms with E-state index in [9.17, 15) is 0 Å². The Kier molecular flexibility index (Phi) is 13.0. The van der Waals surface area contributed by atoms with Crippen LogP contribution in [0.2, 0.25) is 0 Å². The lowest BCUT2D eigenvalue weighted by molar-refractivity contribution is 0.448. The summed E-state index contributed by atoms with van der Waals surface area (Å²) in [6, 6.07) is 45.2. The molecule has 10 aromatic rings. The Labute approximate surface area is 415 Å². The first-order chi connectivity index (χ1) is 34.4. The van der Waals surface area contributed by atoms with Crippen molar-refractivity contribution in [3.05, 3.63) is 192 Å². The summed E-state index contributed by atoms with van der Waals surface area (Å²) in [6.07, 6.45) is 8.87. The molecule has 354 valence electrons. The summed E-state index contributed by atoms with van der Waals surface area (Å²) in [4.78, 5) is 22.6. The van der Waals surface area contributed by atoms with Gasteiger partial charge in [0.05, 0.1) is 11.0 Å². The third-order valence-corrected chi connectivity index (χ3v) is 12.3. The molecule has 0 bridgehead atoms. The van der Waals surface area contributed by atoms with Crippen molar-refractivity contribution in [2.24, 2.45) is 11.8 Å². The van der Waals surface area contributed by atoms with Gasteiger partial charge in [-0.05, 0) is 145 Å². The van der Waals surface area contributed by atoms with Gasteiger partial charge in [0.25, 0.3) is 0 Å². The lowest BCUT2D eigenvalue weighted by Gasteiger charge is -2.13. The monoisotopic (exact) mass is 936 g/mol. The van der Waals surface area contributed by atoms with Crippen LogP contribution < -0.4 is 18.9 Å². The molecule has 6 aromatic carbocycles. The maximum atomic E-state index is 6.57. The fourth-order valence-corrected chi connectivity index (χ4v) is 9.21. The molecule has 0 fully saturated rings. The maximum Gasteiger partial charge on any atom is 0.237 e. The SMILES string of the molecule is Cc1cc(Oc2ccc3c4ccc(Oc5cc(C)cc(Oc6cc(C)c(-c7ccc(CC(C)C)cc7)cn6)c5)cc4n(-c4ncncn4)c3c2)cc(Oc2cc(C)c(-c3ccc(CC(C)C)cc3)cn2)c1. The van der Waals surface area contributed by atoms with E-state index in [1.54, 1.807) is 0 Å². The molecule has 0 atom stereocenters. The number of fused-ring (bicyclic) bond motifs is 3. The van der Waals surface area contributed by atoms with Crippen LogP contribution in [0.25, 0.3) is 50.0 Å². The summed E-state index contributed by atoms with van der Waals surface area (Å²) < 4.78 is 27.8. The van der Waals surface area contributed by atoms with E-state index in [0.717, 1.165) is 79.2 Å². The minimum Gasteiger partial charge on any atom is -0.457 e. The van der Waals surface area contributed by atoms with Crippen LogP contribution >= 0.6 is 0 Å². The van der Waals surface area contributed by atoms with Gasteiger partial charge in [0.2, 0.25) is 17.7 Å². The zero-order valence-corrected chi connectivity index (χ0v) is 41.4. The van der Waals surface area contributed by atoms with Crippen molar-refractivity contribution in [2.45, 2.75) is 68.2 Å². The van der Waals surface area contributed by atoms with Crippen LogP contribution in [-0.4, -0.2) is 29.5 Å². The Morgan fingerprint density at radius 1 is 0.423 bits per heavy atom. The van der Waals surface area contributed by atoms with Crippen LogP contribution in [0.3, 0.4) is 0 Å². The molecule has 0 aliphatic heterocycles. The number of ether oxygens (including phenoxy) is 4. The number of hydrogen-bond donors (Lipinski definition) is 0. The summed E-state index contributed by atoms with van der Waals surface area (Å²) in [5.41, 5.74) is 12.9. The largest absolute Gasteiger partial charge is 0.457 e. The number of hydrogen-bond acceptors (Lipinski definition) is 9. The molecule has 4 aromatic heterocycles. The number of aromatic nitrogens is 6. The van der Waals surface area contributed by atoms with Crippen LogP contribution in [0.1, 0.15) is 61.1 Å². The zero-order valence-electron chi connectivity index (χ0n) is 41.4. The van der Waals surface area contributed by atoms with E-state index in [1.807, 2.05) is 104 Å². The van der Waals surface area contributed by atoms with Gasteiger partial charge >= 0.3 is 0 Å². The average Bonchev–Trinajstić information content (AvgIpc) is 3.64. The lowest BCUT2D eigenvalue weighted by atomic mass is 9.98. The highest BCUT2D eigenvalue weighted by atomic mass is 16.5. The van der Waals surface area contributed by atoms with Crippen molar-refractivity contribution >= 4 is 21.8 Å². The molecular formula is C61H56N6O4. The predicted octanol–water partition coefficient (Wildman–Crippen LogP) is 15.9. The van der Waals surface area contributed by atoms with Crippen molar-refractivity contribution in [1.82, 2.24) is 29.5 Å². The van der Waals surface area contributed by atoms with Crippen molar-refractivity contribution in [3.8, 4) is 74.5 Å². The molecule has 10 nitrogen and oxygen atoms in total. The third kappa shape index (κ3) is 10.6. The van der Waals surface area contributed by atoms with Gasteiger partial charge in [0.1, 0.15) is 47.2 Å². The third-order valence-electron chi connectivity index (χ3n) is 12.3. The second-order valence-corrected chi connectivity index (χ2v) is 19.3. The van der Waals surface area contributed by atoms with E-state index in [1.165, 1.54) is 23.8 Å². The van der Waals surface area contributed by atoms with Gasteiger partial charge in [-0.15, -0.1) is 0 Å². The lowest BCUT2D eigenvalue weighted by Crippen LogP contribution is -2.01. The predicted molar refractivity (Wildman–Crippen MR) is 283 cm³/mol. The second kappa shape index (κ2) is 19.9. The molecule has 10 rings (SSSR count). The van der Waals surface area contributed by atoms with Crippen LogP contribution in [0.5, 0.6) is 46.3 Å². The molecule has 0 N–H and O–H groups in total. The summed E-state index contributed by atoms with van der Waals surface area (Å²) in [5.74, 6) is 6.45. The second-order valence-electron chi connectivity index (χ2n) is 19.3. The quantitative estimate of drug-likeness (QED) is 0.0993. The minimum absolute atomic E-state index is 0.459. The molecule has 0 spiro atoms. The van der Waals surface area contributed by atoms with E-state index < -0.39 is 0 Å². The number of pyridine rings is 2. The zero-order chi connectivity index (χ0) is 49.2. The van der Waals surface area contributed by atoms with E-state index in [2.05, 4.69) is 117 Å². The molecule has 0 saturated carbocycles. The standard InChI is InChI=1S/C61H56N6O4/c1-37(2)21-43-9-13-45(14-10-43)55-33-63-59(27-41(55)7)70-51-25-39(5)23-49(29-51)68-47-17-19-53-54-20-18-48(32-58(54)67(57(53)31-47)61-65-35-62-36-66-61)69-50-24-40(6)26-52(30-50)71-60-28-42(8)56(34-64-60)46-15-11-44(12-16-46)22-38(3)4/h9-20,23-38H,21-22H2,1-8H3. The molecule has 0 radical (unpaired) electrons. The Hall–Kier alpha value is -8.37. The maximum absolute atomic E-state index is 6.57. The molecule has 10 heteroatoms. The van der Waals surface area contributed by atoms with Gasteiger partial charge < -0.3 is 18.9 Å². The molecular weight excluding hydrogens is 881 g/mol. The first-order valence-electron chi connectivity index (χ1n) is 24.1. The molecule has 0 unspecified atom stereocenters. The first kappa shape index (κ1) is 46.4. The summed E-state index contributed by atoms with van der Waals surface area (Å²) in [6.45, 7) is 17.2. The highest BCUT2D eigenvalue weighted by Gasteiger charge is 2.18. The van der Waals surface area contributed by atoms with Gasteiger partial charge in [0.15, 0.2) is 0 Å². The number of nitrogens with zero attached hydrogens (tertiary/aromatic N) is 6. The first-order valence-corrected chi connectivity index (χ1v) is 24.1. The van der Waals surface area contributed by atoms with Gasteiger partial charge in [-0.2, -0.15) is 0 Å². The van der Waals surface area contributed by atoms with Gasteiger partial charge in [-0.25, -0.2) is 24.9 Å². The number of aryl methyl sites for hydroxylation is 4. The van der Waals surface area contributed by atoms with Crippen LogP contribution in [0, 0.1) is 39.5 Å². The van der Waals surface area contributed by atoms with Crippen molar-refractivity contribution in [2.75, 3.05) is 0 Å². The van der Waals surface area contributed by atoms with Crippen LogP contribution in [-0.2, 0) is 12.8 Å². The van der Waals surface area contributed by atoms with Crippen molar-refractivity contribution < 1.29 is 18.9 Å². The average molecular weight is 937 g/mol. The summed E-state index contributed by atoms with van der Waals surface area (Å²) in [7, 11) is 0. The molecule has 0 saturated heterocycles. The van der Waals surface area contributed by atoms with E-state index in [4.69, 9.17) is 28.9 Å². The van der Waals surface area contributed by atoms with E-state index in [-0.39, 0.29) is 0 Å². The van der Waals surface area contributed by atoms with Crippen LogP contribution in [0.15, 0.2) is 159 Å². The Bertz CT molecular complexity index is 3320. The molecule has 0 amide bonds. The topological polar surface area (TPSA) is 106 Å². The molecule has 0 aliphatic rings. The van der Waals surface area contributed by atoms with Gasteiger partial charge in [-0.1, -0.05) is 76.2 Å². The Balaban J connectivity index is 0.887. The molecule has 71 heavy (non-hydrogen) atoms. The van der Waals surface area contributed by atoms with Gasteiger partial charge in [0, 0.05) is 70.7 Å². The normalized spacial score (nSPS) is 11.5. The number of benzene rings is 6. The van der Waals surface area contributed by atoms with Crippen molar-refractivity contribution in [3.63, 3.8) is 0 Å². The summed E-state index contributed by atoms with van der Waals surface area (Å²) >= 11 is 0. The molecule has 4 heterocycles. The van der Waals surface area contributed by atoms with Gasteiger partial charge in [-0.3, -0.25) is 4.57 Å². The Morgan fingerprint density at radius 2 is 0.831 bits per heavy atom. The smallest absolute Gasteiger partial charge is 0.237 e. The molecule has 0 aliphatic carbocycles. The van der Waals surface area contributed by atoms with E-state index in [0.29, 0.717) is 64.0 Å². The Morgan fingerprint density at radius 3 is 1.23 bits per heavy atom. The van der Waals surface area contributed by atoms with Crippen molar-refractivity contribution in [1.29, 1.82) is 0 Å². The minimum atomic E-state index is 0.459. The highest BCUT2D eigenvalue weighted by molar-refractivity contribution is 6.09. The fraction of sp³-hybridized carbons (Fsp3) is 0.197. The van der Waals surface area contributed by atoms with E-state index >= 15 is 0 Å². The number of rotatable bonds is 15. The summed E-state index contributed by atoms with van der Waals surface area (Å²) in [5, 5.41) is 1.99. The fourth-order valence-electron chi connectivity index (χ4n) is 9.21. The highest BCUT2D eigenvalue weighted by Crippen LogP contribution is 2.39.